The number of piperidine rings is 1. The zero-order chi connectivity index (χ0) is 17.8. The fourth-order valence-electron chi connectivity index (χ4n) is 3.08. The molecule has 0 saturated carbocycles. The zero-order valence-corrected chi connectivity index (χ0v) is 15.4. The standard InChI is InChI=1S/C20H23FN2OS/c1-22(2)15-6-5-13-23(14-15)20(24)12-10-16-9-11-19(25-16)17-7-3-4-8-18(17)21/h3-4,7-12,15H,5-6,13-14H2,1-2H3/b12-10+. The number of likely N-dealkylation sites (tertiary alicyclic amines) is 1. The number of benzene rings is 1. The van der Waals surface area contributed by atoms with Crippen molar-refractivity contribution in [3.63, 3.8) is 0 Å². The Morgan fingerprint density at radius 2 is 2.08 bits per heavy atom. The van der Waals surface area contributed by atoms with Crippen LogP contribution in [0.5, 0.6) is 0 Å². The van der Waals surface area contributed by atoms with Gasteiger partial charge in [-0.25, -0.2) is 4.39 Å². The first-order valence-electron chi connectivity index (χ1n) is 8.53. The van der Waals surface area contributed by atoms with Crippen LogP contribution in [-0.2, 0) is 4.79 Å². The number of amides is 1. The quantitative estimate of drug-likeness (QED) is 0.768. The highest BCUT2D eigenvalue weighted by Crippen LogP contribution is 2.30. The van der Waals surface area contributed by atoms with E-state index in [0.717, 1.165) is 35.7 Å². The van der Waals surface area contributed by atoms with E-state index in [1.54, 1.807) is 18.2 Å². The van der Waals surface area contributed by atoms with Crippen molar-refractivity contribution in [3.8, 4) is 10.4 Å². The highest BCUT2D eigenvalue weighted by atomic mass is 32.1. The van der Waals surface area contributed by atoms with Crippen LogP contribution in [0.25, 0.3) is 16.5 Å². The number of halogens is 1. The number of likely N-dealkylation sites (N-methyl/N-ethyl adjacent to an activating group) is 1. The van der Waals surface area contributed by atoms with Crippen LogP contribution in [-0.4, -0.2) is 48.9 Å². The molecule has 1 amide bonds. The summed E-state index contributed by atoms with van der Waals surface area (Å²) in [6.07, 6.45) is 5.64. The molecule has 1 aromatic carbocycles. The van der Waals surface area contributed by atoms with Gasteiger partial charge >= 0.3 is 0 Å². The predicted molar refractivity (Wildman–Crippen MR) is 102 cm³/mol. The van der Waals surface area contributed by atoms with E-state index in [1.807, 2.05) is 29.2 Å². The molecule has 3 rings (SSSR count). The van der Waals surface area contributed by atoms with Gasteiger partial charge in [0, 0.05) is 40.5 Å². The summed E-state index contributed by atoms with van der Waals surface area (Å²) in [6.45, 7) is 1.60. The first kappa shape index (κ1) is 17.8. The summed E-state index contributed by atoms with van der Waals surface area (Å²) < 4.78 is 13.9. The van der Waals surface area contributed by atoms with Gasteiger partial charge in [-0.1, -0.05) is 18.2 Å². The Balaban J connectivity index is 1.66. The van der Waals surface area contributed by atoms with Crippen molar-refractivity contribution in [1.82, 2.24) is 9.80 Å². The molecule has 2 heterocycles. The number of carbonyl (C=O) groups is 1. The van der Waals surface area contributed by atoms with Gasteiger partial charge in [-0.05, 0) is 51.2 Å². The summed E-state index contributed by atoms with van der Waals surface area (Å²) in [5.41, 5.74) is 0.600. The summed E-state index contributed by atoms with van der Waals surface area (Å²) in [5.74, 6) is -0.175. The first-order valence-corrected chi connectivity index (χ1v) is 9.34. The molecule has 132 valence electrons. The fraction of sp³-hybridized carbons (Fsp3) is 0.350. The molecule has 5 heteroatoms. The topological polar surface area (TPSA) is 23.6 Å². The Hall–Kier alpha value is -1.98. The Morgan fingerprint density at radius 3 is 2.84 bits per heavy atom. The molecular weight excluding hydrogens is 335 g/mol. The molecule has 0 aliphatic carbocycles. The maximum absolute atomic E-state index is 13.9. The van der Waals surface area contributed by atoms with Crippen LogP contribution in [0.15, 0.2) is 42.5 Å². The van der Waals surface area contributed by atoms with E-state index in [9.17, 15) is 9.18 Å². The van der Waals surface area contributed by atoms with Crippen molar-refractivity contribution in [2.24, 2.45) is 0 Å². The Morgan fingerprint density at radius 1 is 1.28 bits per heavy atom. The second-order valence-electron chi connectivity index (χ2n) is 6.56. The number of nitrogens with zero attached hydrogens (tertiary/aromatic N) is 2. The van der Waals surface area contributed by atoms with Gasteiger partial charge in [-0.2, -0.15) is 0 Å². The monoisotopic (exact) mass is 358 g/mol. The molecule has 0 bridgehead atoms. The Kier molecular flexibility index (Phi) is 5.66. The predicted octanol–water partition coefficient (Wildman–Crippen LogP) is 4.12. The number of hydrogen-bond acceptors (Lipinski definition) is 3. The lowest BCUT2D eigenvalue weighted by molar-refractivity contribution is -0.127. The molecule has 1 atom stereocenters. The van der Waals surface area contributed by atoms with Crippen LogP contribution >= 0.6 is 11.3 Å². The number of rotatable bonds is 4. The minimum atomic E-state index is -0.223. The van der Waals surface area contributed by atoms with Gasteiger partial charge in [0.1, 0.15) is 5.82 Å². The van der Waals surface area contributed by atoms with E-state index >= 15 is 0 Å². The van der Waals surface area contributed by atoms with Gasteiger partial charge < -0.3 is 9.80 Å². The van der Waals surface area contributed by atoms with Gasteiger partial charge in [-0.3, -0.25) is 4.79 Å². The third kappa shape index (κ3) is 4.35. The van der Waals surface area contributed by atoms with Crippen molar-refractivity contribution in [1.29, 1.82) is 0 Å². The molecule has 1 aromatic heterocycles. The molecule has 1 aliphatic heterocycles. The molecule has 3 nitrogen and oxygen atoms in total. The average molecular weight is 358 g/mol. The van der Waals surface area contributed by atoms with E-state index in [2.05, 4.69) is 19.0 Å². The molecule has 25 heavy (non-hydrogen) atoms. The SMILES string of the molecule is CN(C)C1CCCN(C(=O)/C=C/c2ccc(-c3ccccc3F)s2)C1. The lowest BCUT2D eigenvalue weighted by Gasteiger charge is -2.35. The highest BCUT2D eigenvalue weighted by Gasteiger charge is 2.23. The van der Waals surface area contributed by atoms with Crippen LogP contribution in [0.2, 0.25) is 0 Å². The number of hydrogen-bond donors (Lipinski definition) is 0. The molecule has 1 unspecified atom stereocenters. The third-order valence-corrected chi connectivity index (χ3v) is 5.68. The molecule has 0 N–H and O–H groups in total. The second-order valence-corrected chi connectivity index (χ2v) is 7.67. The molecule has 1 aliphatic rings. The third-order valence-electron chi connectivity index (χ3n) is 4.59. The van der Waals surface area contributed by atoms with E-state index < -0.39 is 0 Å². The van der Waals surface area contributed by atoms with Crippen LogP contribution < -0.4 is 0 Å². The fourth-order valence-corrected chi connectivity index (χ4v) is 4.02. The Labute approximate surface area is 152 Å². The maximum atomic E-state index is 13.9. The summed E-state index contributed by atoms with van der Waals surface area (Å²) in [7, 11) is 4.12. The van der Waals surface area contributed by atoms with Crippen LogP contribution in [0.1, 0.15) is 17.7 Å². The zero-order valence-electron chi connectivity index (χ0n) is 14.6. The number of carbonyl (C=O) groups excluding carboxylic acids is 1. The molecular formula is C20H23FN2OS. The van der Waals surface area contributed by atoms with E-state index in [0.29, 0.717) is 11.6 Å². The molecule has 0 radical (unpaired) electrons. The largest absolute Gasteiger partial charge is 0.338 e. The van der Waals surface area contributed by atoms with Crippen molar-refractivity contribution in [2.45, 2.75) is 18.9 Å². The molecule has 1 saturated heterocycles. The van der Waals surface area contributed by atoms with Crippen LogP contribution in [0.4, 0.5) is 4.39 Å². The normalized spacial score (nSPS) is 18.2. The minimum Gasteiger partial charge on any atom is -0.338 e. The van der Waals surface area contributed by atoms with Crippen LogP contribution in [0.3, 0.4) is 0 Å². The van der Waals surface area contributed by atoms with Gasteiger partial charge in [0.25, 0.3) is 0 Å². The second kappa shape index (κ2) is 7.93. The molecule has 0 spiro atoms. The minimum absolute atomic E-state index is 0.0485. The van der Waals surface area contributed by atoms with E-state index in [-0.39, 0.29) is 11.7 Å². The van der Waals surface area contributed by atoms with Crippen molar-refractivity contribution < 1.29 is 9.18 Å². The van der Waals surface area contributed by atoms with Crippen LogP contribution in [0, 0.1) is 5.82 Å². The summed E-state index contributed by atoms with van der Waals surface area (Å²) in [5, 5.41) is 0. The van der Waals surface area contributed by atoms with Gasteiger partial charge in [-0.15, -0.1) is 11.3 Å². The Bertz CT molecular complexity index is 769. The lowest BCUT2D eigenvalue weighted by Crippen LogP contribution is -2.47. The van der Waals surface area contributed by atoms with Gasteiger partial charge in [0.15, 0.2) is 0 Å². The van der Waals surface area contributed by atoms with Gasteiger partial charge in [0.2, 0.25) is 5.91 Å². The smallest absolute Gasteiger partial charge is 0.246 e. The lowest BCUT2D eigenvalue weighted by atomic mass is 10.0. The summed E-state index contributed by atoms with van der Waals surface area (Å²) >= 11 is 1.49. The van der Waals surface area contributed by atoms with Gasteiger partial charge in [0.05, 0.1) is 0 Å². The maximum Gasteiger partial charge on any atom is 0.246 e. The average Bonchev–Trinajstić information content (AvgIpc) is 3.09. The van der Waals surface area contributed by atoms with Crippen molar-refractivity contribution in [3.05, 3.63) is 53.2 Å². The van der Waals surface area contributed by atoms with E-state index in [1.165, 1.54) is 17.4 Å². The van der Waals surface area contributed by atoms with E-state index in [4.69, 9.17) is 0 Å². The highest BCUT2D eigenvalue weighted by molar-refractivity contribution is 7.16. The molecule has 1 fully saturated rings. The van der Waals surface area contributed by atoms with Crippen molar-refractivity contribution >= 4 is 23.3 Å². The van der Waals surface area contributed by atoms with Crippen molar-refractivity contribution in [2.75, 3.05) is 27.2 Å². The number of thiophene rings is 1. The first-order chi connectivity index (χ1) is 12.0. The summed E-state index contributed by atoms with van der Waals surface area (Å²) in [4.78, 5) is 18.4. The summed E-state index contributed by atoms with van der Waals surface area (Å²) in [6, 6.07) is 11.0. The molecule has 2 aromatic rings.